The lowest BCUT2D eigenvalue weighted by molar-refractivity contribution is 0.787. The fourth-order valence-electron chi connectivity index (χ4n) is 0.959. The smallest absolute Gasteiger partial charge is 0.144 e. The van der Waals surface area contributed by atoms with Gasteiger partial charge in [-0.15, -0.1) is 12.3 Å². The molecule has 1 rings (SSSR count). The van der Waals surface area contributed by atoms with Crippen molar-refractivity contribution in [1.82, 2.24) is 9.97 Å². The van der Waals surface area contributed by atoms with E-state index in [4.69, 9.17) is 6.42 Å². The van der Waals surface area contributed by atoms with Crippen molar-refractivity contribution in [3.8, 4) is 12.3 Å². The SMILES string of the molecule is C#CCCCCNc1cnccn1. The van der Waals surface area contributed by atoms with Crippen molar-refractivity contribution in [1.29, 1.82) is 0 Å². The van der Waals surface area contributed by atoms with Gasteiger partial charge in [-0.3, -0.25) is 4.98 Å². The molecular weight excluding hydrogens is 162 g/mol. The van der Waals surface area contributed by atoms with Gasteiger partial charge in [0.05, 0.1) is 6.20 Å². The van der Waals surface area contributed by atoms with Crippen LogP contribution in [-0.2, 0) is 0 Å². The van der Waals surface area contributed by atoms with Crippen LogP contribution in [0.4, 0.5) is 5.82 Å². The van der Waals surface area contributed by atoms with Crippen LogP contribution in [0.1, 0.15) is 19.3 Å². The third-order valence-corrected chi connectivity index (χ3v) is 1.62. The Morgan fingerprint density at radius 1 is 1.38 bits per heavy atom. The van der Waals surface area contributed by atoms with Crippen LogP contribution in [0.3, 0.4) is 0 Å². The normalized spacial score (nSPS) is 9.15. The standard InChI is InChI=1S/C10H13N3/c1-2-3-4-5-6-12-10-9-11-7-8-13-10/h1,7-9H,3-6H2,(H,12,13). The molecule has 0 saturated heterocycles. The molecule has 0 fully saturated rings. The minimum atomic E-state index is 0.822. The van der Waals surface area contributed by atoms with E-state index in [0.29, 0.717) is 0 Å². The molecule has 1 heterocycles. The van der Waals surface area contributed by atoms with Crippen molar-refractivity contribution in [2.75, 3.05) is 11.9 Å². The number of unbranched alkanes of at least 4 members (excludes halogenated alkanes) is 2. The van der Waals surface area contributed by atoms with E-state index in [1.54, 1.807) is 18.6 Å². The highest BCUT2D eigenvalue weighted by molar-refractivity contribution is 5.29. The minimum absolute atomic E-state index is 0.822. The number of anilines is 1. The maximum Gasteiger partial charge on any atom is 0.144 e. The summed E-state index contributed by atoms with van der Waals surface area (Å²) >= 11 is 0. The maximum atomic E-state index is 5.13. The number of aromatic nitrogens is 2. The van der Waals surface area contributed by atoms with Gasteiger partial charge in [-0.2, -0.15) is 0 Å². The van der Waals surface area contributed by atoms with E-state index < -0.39 is 0 Å². The predicted molar refractivity (Wildman–Crippen MR) is 53.2 cm³/mol. The molecule has 0 unspecified atom stereocenters. The Bertz CT molecular complexity index is 263. The van der Waals surface area contributed by atoms with Crippen LogP contribution < -0.4 is 5.32 Å². The van der Waals surface area contributed by atoms with Crippen LogP contribution in [0.25, 0.3) is 0 Å². The Morgan fingerprint density at radius 3 is 3.00 bits per heavy atom. The molecule has 1 aromatic rings. The third-order valence-electron chi connectivity index (χ3n) is 1.62. The first-order valence-corrected chi connectivity index (χ1v) is 4.37. The molecule has 0 aliphatic carbocycles. The van der Waals surface area contributed by atoms with Crippen LogP contribution in [0.15, 0.2) is 18.6 Å². The molecule has 3 nitrogen and oxygen atoms in total. The monoisotopic (exact) mass is 175 g/mol. The average molecular weight is 175 g/mol. The molecule has 0 aliphatic heterocycles. The molecule has 0 spiro atoms. The highest BCUT2D eigenvalue weighted by atomic mass is 15.0. The summed E-state index contributed by atoms with van der Waals surface area (Å²) in [6, 6.07) is 0. The fraction of sp³-hybridized carbons (Fsp3) is 0.400. The lowest BCUT2D eigenvalue weighted by Gasteiger charge is -2.02. The molecule has 13 heavy (non-hydrogen) atoms. The Balaban J connectivity index is 2.11. The van der Waals surface area contributed by atoms with Gasteiger partial charge in [-0.1, -0.05) is 0 Å². The summed E-state index contributed by atoms with van der Waals surface area (Å²) in [7, 11) is 0. The van der Waals surface area contributed by atoms with Crippen LogP contribution in [-0.4, -0.2) is 16.5 Å². The molecule has 0 aromatic carbocycles. The molecule has 68 valence electrons. The van der Waals surface area contributed by atoms with Gasteiger partial charge in [0.2, 0.25) is 0 Å². The zero-order valence-corrected chi connectivity index (χ0v) is 7.53. The van der Waals surface area contributed by atoms with Gasteiger partial charge >= 0.3 is 0 Å². The number of terminal acetylenes is 1. The average Bonchev–Trinajstić information content (AvgIpc) is 2.19. The Hall–Kier alpha value is -1.56. The molecule has 0 amide bonds. The van der Waals surface area contributed by atoms with Crippen molar-refractivity contribution < 1.29 is 0 Å². The van der Waals surface area contributed by atoms with Gasteiger partial charge in [0.1, 0.15) is 5.82 Å². The topological polar surface area (TPSA) is 37.8 Å². The van der Waals surface area contributed by atoms with E-state index in [1.165, 1.54) is 0 Å². The van der Waals surface area contributed by atoms with E-state index in [-0.39, 0.29) is 0 Å². The number of hydrogen-bond donors (Lipinski definition) is 1. The molecule has 1 N–H and O–H groups in total. The largest absolute Gasteiger partial charge is 0.369 e. The first-order chi connectivity index (χ1) is 6.43. The van der Waals surface area contributed by atoms with E-state index in [1.807, 2.05) is 0 Å². The summed E-state index contributed by atoms with van der Waals surface area (Å²) in [5, 5.41) is 3.16. The Morgan fingerprint density at radius 2 is 2.31 bits per heavy atom. The van der Waals surface area contributed by atoms with Crippen LogP contribution in [0, 0.1) is 12.3 Å². The summed E-state index contributed by atoms with van der Waals surface area (Å²) < 4.78 is 0. The Kier molecular flexibility index (Phi) is 4.41. The van der Waals surface area contributed by atoms with Gasteiger partial charge in [0.25, 0.3) is 0 Å². The van der Waals surface area contributed by atoms with Crippen molar-refractivity contribution in [2.24, 2.45) is 0 Å². The van der Waals surface area contributed by atoms with Gasteiger partial charge in [0, 0.05) is 25.4 Å². The first kappa shape index (κ1) is 9.53. The molecule has 0 bridgehead atoms. The van der Waals surface area contributed by atoms with E-state index in [9.17, 15) is 0 Å². The molecule has 0 radical (unpaired) electrons. The summed E-state index contributed by atoms with van der Waals surface area (Å²) in [6.45, 7) is 0.903. The lowest BCUT2D eigenvalue weighted by atomic mass is 10.2. The zero-order chi connectivity index (χ0) is 9.36. The van der Waals surface area contributed by atoms with Crippen LogP contribution in [0.2, 0.25) is 0 Å². The second kappa shape index (κ2) is 6.01. The third kappa shape index (κ3) is 4.12. The van der Waals surface area contributed by atoms with Crippen molar-refractivity contribution in [3.63, 3.8) is 0 Å². The lowest BCUT2D eigenvalue weighted by Crippen LogP contribution is -2.02. The summed E-state index contributed by atoms with van der Waals surface area (Å²) in [5.41, 5.74) is 0. The van der Waals surface area contributed by atoms with Crippen molar-refractivity contribution in [3.05, 3.63) is 18.6 Å². The first-order valence-electron chi connectivity index (χ1n) is 4.37. The molecular formula is C10H13N3. The summed E-state index contributed by atoms with van der Waals surface area (Å²) in [4.78, 5) is 8.03. The highest BCUT2D eigenvalue weighted by Gasteiger charge is 1.90. The van der Waals surface area contributed by atoms with Gasteiger partial charge in [-0.05, 0) is 12.8 Å². The van der Waals surface area contributed by atoms with Crippen LogP contribution in [0.5, 0.6) is 0 Å². The Labute approximate surface area is 78.6 Å². The number of rotatable bonds is 5. The van der Waals surface area contributed by atoms with E-state index in [0.717, 1.165) is 31.6 Å². The second-order valence-corrected chi connectivity index (χ2v) is 2.68. The zero-order valence-electron chi connectivity index (χ0n) is 7.53. The van der Waals surface area contributed by atoms with Crippen molar-refractivity contribution in [2.45, 2.75) is 19.3 Å². The highest BCUT2D eigenvalue weighted by Crippen LogP contribution is 1.99. The van der Waals surface area contributed by atoms with Gasteiger partial charge in [-0.25, -0.2) is 4.98 Å². The predicted octanol–water partition coefficient (Wildman–Crippen LogP) is 1.69. The van der Waals surface area contributed by atoms with Gasteiger partial charge < -0.3 is 5.32 Å². The number of nitrogens with one attached hydrogen (secondary N) is 1. The quantitative estimate of drug-likeness (QED) is 0.546. The fourth-order valence-corrected chi connectivity index (χ4v) is 0.959. The van der Waals surface area contributed by atoms with Crippen LogP contribution >= 0.6 is 0 Å². The number of nitrogens with zero attached hydrogens (tertiary/aromatic N) is 2. The molecule has 0 atom stereocenters. The van der Waals surface area contributed by atoms with Crippen molar-refractivity contribution >= 4 is 5.82 Å². The summed E-state index contributed by atoms with van der Waals surface area (Å²) in [5.74, 6) is 3.43. The molecule has 1 aromatic heterocycles. The van der Waals surface area contributed by atoms with Gasteiger partial charge in [0.15, 0.2) is 0 Å². The maximum absolute atomic E-state index is 5.13. The molecule has 0 saturated carbocycles. The molecule has 0 aliphatic rings. The molecule has 3 heteroatoms. The summed E-state index contributed by atoms with van der Waals surface area (Å²) in [6.07, 6.45) is 13.1. The minimum Gasteiger partial charge on any atom is -0.369 e. The second-order valence-electron chi connectivity index (χ2n) is 2.68. The van der Waals surface area contributed by atoms with E-state index >= 15 is 0 Å². The van der Waals surface area contributed by atoms with E-state index in [2.05, 4.69) is 21.2 Å². The number of hydrogen-bond acceptors (Lipinski definition) is 3.